The summed E-state index contributed by atoms with van der Waals surface area (Å²) in [6.07, 6.45) is 4.15. The number of esters is 1. The molecule has 0 spiro atoms. The van der Waals surface area contributed by atoms with Crippen molar-refractivity contribution in [3.05, 3.63) is 46.1 Å². The Morgan fingerprint density at radius 2 is 1.89 bits per heavy atom. The summed E-state index contributed by atoms with van der Waals surface area (Å²) in [6.45, 7) is 3.65. The molecule has 1 aromatic carbocycles. The molecule has 5 nitrogen and oxygen atoms in total. The lowest BCUT2D eigenvalue weighted by Crippen LogP contribution is -2.30. The first kappa shape index (κ1) is 20.3. The molecule has 1 aliphatic carbocycles. The maximum absolute atomic E-state index is 13.0. The summed E-state index contributed by atoms with van der Waals surface area (Å²) >= 11 is 1.45. The van der Waals surface area contributed by atoms with E-state index in [1.165, 1.54) is 35.6 Å². The third kappa shape index (κ3) is 4.70. The van der Waals surface area contributed by atoms with Gasteiger partial charge in [-0.2, -0.15) is 0 Å². The van der Waals surface area contributed by atoms with Gasteiger partial charge in [-0.05, 0) is 69.4 Å². The second kappa shape index (κ2) is 9.19. The van der Waals surface area contributed by atoms with Gasteiger partial charge in [-0.3, -0.25) is 4.79 Å². The Kier molecular flexibility index (Phi) is 6.67. The summed E-state index contributed by atoms with van der Waals surface area (Å²) in [4.78, 5) is 26.3. The number of halogens is 1. The molecule has 7 heteroatoms. The number of aryl methyl sites for hydroxylation is 1. The fourth-order valence-corrected chi connectivity index (χ4v) is 4.51. The van der Waals surface area contributed by atoms with Crippen molar-refractivity contribution in [2.45, 2.75) is 52.1 Å². The topological polar surface area (TPSA) is 64.6 Å². The van der Waals surface area contributed by atoms with E-state index in [9.17, 15) is 14.0 Å². The third-order valence-corrected chi connectivity index (χ3v) is 5.84. The van der Waals surface area contributed by atoms with Crippen LogP contribution in [0.4, 0.5) is 9.39 Å². The number of benzene rings is 1. The van der Waals surface area contributed by atoms with Gasteiger partial charge in [0.25, 0.3) is 5.91 Å². The molecule has 1 heterocycles. The van der Waals surface area contributed by atoms with Crippen molar-refractivity contribution in [1.29, 1.82) is 0 Å². The molecule has 0 unspecified atom stereocenters. The van der Waals surface area contributed by atoms with Crippen LogP contribution in [0.2, 0.25) is 0 Å². The Hall–Kier alpha value is -2.41. The number of hydrogen-bond donors (Lipinski definition) is 1. The summed E-state index contributed by atoms with van der Waals surface area (Å²) in [5.74, 6) is -0.740. The predicted octanol–water partition coefficient (Wildman–Crippen LogP) is 4.74. The number of anilines is 1. The van der Waals surface area contributed by atoms with Crippen molar-refractivity contribution in [3.8, 4) is 5.75 Å². The Morgan fingerprint density at radius 1 is 1.18 bits per heavy atom. The van der Waals surface area contributed by atoms with Crippen LogP contribution in [0.5, 0.6) is 5.75 Å². The lowest BCUT2D eigenvalue weighted by Gasteiger charge is -2.15. The minimum atomic E-state index is -0.803. The molecule has 150 valence electrons. The van der Waals surface area contributed by atoms with Crippen LogP contribution in [-0.2, 0) is 22.4 Å². The summed E-state index contributed by atoms with van der Waals surface area (Å²) < 4.78 is 23.8. The zero-order valence-electron chi connectivity index (χ0n) is 16.0. The lowest BCUT2D eigenvalue weighted by molar-refractivity contribution is -0.122. The molecule has 0 fully saturated rings. The van der Waals surface area contributed by atoms with Crippen LogP contribution in [0, 0.1) is 5.82 Å². The van der Waals surface area contributed by atoms with Gasteiger partial charge in [0, 0.05) is 4.88 Å². The number of hydrogen-bond acceptors (Lipinski definition) is 5. The Morgan fingerprint density at radius 3 is 2.61 bits per heavy atom. The van der Waals surface area contributed by atoms with E-state index in [2.05, 4.69) is 5.32 Å². The van der Waals surface area contributed by atoms with Crippen LogP contribution in [0.1, 0.15) is 53.9 Å². The first-order valence-corrected chi connectivity index (χ1v) is 10.4. The van der Waals surface area contributed by atoms with E-state index in [4.69, 9.17) is 9.47 Å². The Bertz CT molecular complexity index is 847. The van der Waals surface area contributed by atoms with Gasteiger partial charge in [-0.1, -0.05) is 6.42 Å². The molecular weight excluding hydrogens is 381 g/mol. The summed E-state index contributed by atoms with van der Waals surface area (Å²) in [6, 6.07) is 5.48. The number of thiophene rings is 1. The lowest BCUT2D eigenvalue weighted by atomic mass is 10.1. The molecule has 0 bridgehead atoms. The summed E-state index contributed by atoms with van der Waals surface area (Å²) in [5.41, 5.74) is 1.48. The van der Waals surface area contributed by atoms with Gasteiger partial charge in [-0.25, -0.2) is 9.18 Å². The zero-order valence-corrected chi connectivity index (χ0v) is 16.9. The molecule has 28 heavy (non-hydrogen) atoms. The number of fused-ring (bicyclic) bond motifs is 1. The molecule has 1 aromatic heterocycles. The maximum Gasteiger partial charge on any atom is 0.341 e. The van der Waals surface area contributed by atoms with E-state index in [0.29, 0.717) is 16.3 Å². The molecule has 1 atom stereocenters. The SMILES string of the molecule is CCOC(=O)c1c(NC(=O)[C@@H](C)Oc2ccc(F)cc2)sc2c1CCCCC2. The smallest absolute Gasteiger partial charge is 0.341 e. The second-order valence-electron chi connectivity index (χ2n) is 6.69. The molecule has 0 radical (unpaired) electrons. The molecule has 1 N–H and O–H groups in total. The van der Waals surface area contributed by atoms with Crippen molar-refractivity contribution in [1.82, 2.24) is 0 Å². The van der Waals surface area contributed by atoms with E-state index >= 15 is 0 Å². The monoisotopic (exact) mass is 405 g/mol. The second-order valence-corrected chi connectivity index (χ2v) is 7.80. The highest BCUT2D eigenvalue weighted by molar-refractivity contribution is 7.17. The van der Waals surface area contributed by atoms with Gasteiger partial charge in [-0.15, -0.1) is 11.3 Å². The fourth-order valence-electron chi connectivity index (χ4n) is 3.23. The van der Waals surface area contributed by atoms with Crippen molar-refractivity contribution < 1.29 is 23.5 Å². The normalized spacial score (nSPS) is 14.5. The fraction of sp³-hybridized carbons (Fsp3) is 0.429. The Labute approximate surface area is 167 Å². The van der Waals surface area contributed by atoms with Crippen molar-refractivity contribution in [2.24, 2.45) is 0 Å². The predicted molar refractivity (Wildman–Crippen MR) is 107 cm³/mol. The zero-order chi connectivity index (χ0) is 20.1. The molecule has 0 saturated heterocycles. The Balaban J connectivity index is 1.79. The van der Waals surface area contributed by atoms with Gasteiger partial charge < -0.3 is 14.8 Å². The quantitative estimate of drug-likeness (QED) is 0.557. The molecule has 2 aromatic rings. The number of ether oxygens (including phenoxy) is 2. The molecule has 1 aliphatic rings. The molecule has 1 amide bonds. The van der Waals surface area contributed by atoms with Crippen LogP contribution < -0.4 is 10.1 Å². The van der Waals surface area contributed by atoms with Gasteiger partial charge >= 0.3 is 5.97 Å². The van der Waals surface area contributed by atoms with E-state index in [1.54, 1.807) is 13.8 Å². The number of nitrogens with one attached hydrogen (secondary N) is 1. The molecule has 3 rings (SSSR count). The number of amides is 1. The highest BCUT2D eigenvalue weighted by Gasteiger charge is 2.27. The minimum Gasteiger partial charge on any atom is -0.481 e. The molecule has 0 saturated carbocycles. The van der Waals surface area contributed by atoms with Crippen molar-refractivity contribution in [3.63, 3.8) is 0 Å². The van der Waals surface area contributed by atoms with E-state index in [-0.39, 0.29) is 18.3 Å². The number of carbonyl (C=O) groups excluding carboxylic acids is 2. The minimum absolute atomic E-state index is 0.279. The van der Waals surface area contributed by atoms with Crippen LogP contribution in [0.3, 0.4) is 0 Å². The maximum atomic E-state index is 13.0. The van der Waals surface area contributed by atoms with Gasteiger partial charge in [0.15, 0.2) is 6.10 Å². The number of carbonyl (C=O) groups is 2. The average Bonchev–Trinajstić information content (AvgIpc) is 2.84. The first-order chi connectivity index (χ1) is 13.5. The van der Waals surface area contributed by atoms with Crippen molar-refractivity contribution >= 4 is 28.2 Å². The van der Waals surface area contributed by atoms with Gasteiger partial charge in [0.1, 0.15) is 16.6 Å². The third-order valence-electron chi connectivity index (χ3n) is 4.63. The first-order valence-electron chi connectivity index (χ1n) is 9.54. The van der Waals surface area contributed by atoms with Crippen molar-refractivity contribution in [2.75, 3.05) is 11.9 Å². The van der Waals surface area contributed by atoms with Gasteiger partial charge in [0.2, 0.25) is 0 Å². The summed E-state index contributed by atoms with van der Waals surface area (Å²) in [7, 11) is 0. The summed E-state index contributed by atoms with van der Waals surface area (Å²) in [5, 5.41) is 3.36. The average molecular weight is 405 g/mol. The standard InChI is InChI=1S/C21H24FNO4S/c1-3-26-21(25)18-16-7-5-4-6-8-17(16)28-20(18)23-19(24)13(2)27-15-11-9-14(22)10-12-15/h9-13H,3-8H2,1-2H3,(H,23,24)/t13-/m1/s1. The van der Waals surface area contributed by atoms with Crippen LogP contribution in [0.15, 0.2) is 24.3 Å². The number of rotatable bonds is 6. The highest BCUT2D eigenvalue weighted by Crippen LogP contribution is 2.38. The van der Waals surface area contributed by atoms with E-state index < -0.39 is 12.1 Å². The highest BCUT2D eigenvalue weighted by atomic mass is 32.1. The van der Waals surface area contributed by atoms with E-state index in [1.807, 2.05) is 0 Å². The molecular formula is C21H24FNO4S. The molecule has 0 aliphatic heterocycles. The largest absolute Gasteiger partial charge is 0.481 e. The van der Waals surface area contributed by atoms with E-state index in [0.717, 1.165) is 42.5 Å². The van der Waals surface area contributed by atoms with Crippen LogP contribution in [0.25, 0.3) is 0 Å². The van der Waals surface area contributed by atoms with Crippen LogP contribution >= 0.6 is 11.3 Å². The van der Waals surface area contributed by atoms with Crippen LogP contribution in [-0.4, -0.2) is 24.6 Å². The van der Waals surface area contributed by atoms with Gasteiger partial charge in [0.05, 0.1) is 12.2 Å².